The van der Waals surface area contributed by atoms with Crippen molar-refractivity contribution in [2.75, 3.05) is 9.21 Å². The van der Waals surface area contributed by atoms with Crippen LogP contribution in [0.2, 0.25) is 5.02 Å². The molecule has 4 rings (SSSR count). The van der Waals surface area contributed by atoms with Crippen molar-refractivity contribution in [3.05, 3.63) is 88.4 Å². The molecule has 0 N–H and O–H groups in total. The van der Waals surface area contributed by atoms with Crippen LogP contribution < -0.4 is 9.21 Å². The third-order valence-corrected chi connectivity index (χ3v) is 7.06. The summed E-state index contributed by atoms with van der Waals surface area (Å²) in [5, 5.41) is 0.596. The molecule has 3 aromatic carbocycles. The number of anilines is 2. The molecule has 0 saturated heterocycles. The number of sulfonamides is 1. The minimum atomic E-state index is -4.03. The molecular formula is C22H19ClN2O3S. The van der Waals surface area contributed by atoms with Gasteiger partial charge in [0.2, 0.25) is 0 Å². The maximum Gasteiger partial charge on any atom is 0.343 e. The van der Waals surface area contributed by atoms with E-state index in [0.717, 1.165) is 21.0 Å². The summed E-state index contributed by atoms with van der Waals surface area (Å²) in [6.07, 6.45) is 0. The van der Waals surface area contributed by atoms with Gasteiger partial charge in [0, 0.05) is 5.02 Å². The van der Waals surface area contributed by atoms with Gasteiger partial charge in [-0.2, -0.15) is 4.31 Å². The average Bonchev–Trinajstić information content (AvgIpc) is 2.69. The van der Waals surface area contributed by atoms with Crippen molar-refractivity contribution in [3.63, 3.8) is 0 Å². The standard InChI is InChI=1S/C22H19ClN2O3S/c1-15-7-12-19(13-16(15)2)25-22(26)24(14-17-8-10-18(23)11-9-17)20-5-3-4-6-21(20)29(25,27)28/h3-13H,14H2,1-2H3. The van der Waals surface area contributed by atoms with Gasteiger partial charge in [0.15, 0.2) is 0 Å². The first kappa shape index (κ1) is 19.5. The molecule has 0 spiro atoms. The molecule has 0 saturated carbocycles. The minimum absolute atomic E-state index is 0.104. The number of para-hydroxylation sites is 1. The van der Waals surface area contributed by atoms with E-state index in [0.29, 0.717) is 16.4 Å². The Labute approximate surface area is 175 Å². The summed E-state index contributed by atoms with van der Waals surface area (Å²) in [6.45, 7) is 4.05. The number of carbonyl (C=O) groups excluding carboxylic acids is 1. The highest BCUT2D eigenvalue weighted by molar-refractivity contribution is 7.94. The van der Waals surface area contributed by atoms with E-state index in [2.05, 4.69) is 0 Å². The Hall–Kier alpha value is -2.83. The average molecular weight is 427 g/mol. The quantitative estimate of drug-likeness (QED) is 0.571. The van der Waals surface area contributed by atoms with E-state index in [4.69, 9.17) is 11.6 Å². The van der Waals surface area contributed by atoms with E-state index in [9.17, 15) is 13.2 Å². The summed E-state index contributed by atoms with van der Waals surface area (Å²) in [7, 11) is -4.03. The Morgan fingerprint density at radius 1 is 0.897 bits per heavy atom. The largest absolute Gasteiger partial charge is 0.343 e. The van der Waals surface area contributed by atoms with Crippen molar-refractivity contribution < 1.29 is 13.2 Å². The van der Waals surface area contributed by atoms with E-state index >= 15 is 0 Å². The molecule has 1 aliphatic heterocycles. The van der Waals surface area contributed by atoms with Crippen LogP contribution >= 0.6 is 11.6 Å². The summed E-state index contributed by atoms with van der Waals surface area (Å²) >= 11 is 5.96. The van der Waals surface area contributed by atoms with Crippen molar-refractivity contribution >= 4 is 39.0 Å². The molecule has 0 unspecified atom stereocenters. The number of nitrogens with zero attached hydrogens (tertiary/aromatic N) is 2. The molecule has 5 nitrogen and oxygen atoms in total. The van der Waals surface area contributed by atoms with Crippen molar-refractivity contribution in [1.82, 2.24) is 0 Å². The van der Waals surface area contributed by atoms with Gasteiger partial charge in [-0.1, -0.05) is 41.9 Å². The molecule has 0 bridgehead atoms. The third-order valence-electron chi connectivity index (χ3n) is 5.06. The van der Waals surface area contributed by atoms with E-state index in [1.54, 1.807) is 42.5 Å². The van der Waals surface area contributed by atoms with E-state index in [1.165, 1.54) is 11.0 Å². The number of aryl methyl sites for hydroxylation is 2. The van der Waals surface area contributed by atoms with Crippen LogP contribution in [0.4, 0.5) is 16.2 Å². The first-order valence-electron chi connectivity index (χ1n) is 9.06. The molecule has 7 heteroatoms. The zero-order valence-corrected chi connectivity index (χ0v) is 17.5. The zero-order chi connectivity index (χ0) is 20.8. The maximum absolute atomic E-state index is 13.4. The predicted octanol–water partition coefficient (Wildman–Crippen LogP) is 5.29. The fraction of sp³-hybridized carbons (Fsp3) is 0.136. The van der Waals surface area contributed by atoms with Gasteiger partial charge in [0.25, 0.3) is 10.0 Å². The topological polar surface area (TPSA) is 57.7 Å². The summed E-state index contributed by atoms with van der Waals surface area (Å²) in [5.74, 6) is 0. The van der Waals surface area contributed by atoms with Crippen LogP contribution in [0.25, 0.3) is 0 Å². The van der Waals surface area contributed by atoms with Gasteiger partial charge in [-0.25, -0.2) is 13.2 Å². The first-order chi connectivity index (χ1) is 13.8. The van der Waals surface area contributed by atoms with Crippen LogP contribution in [0.5, 0.6) is 0 Å². The fourth-order valence-corrected chi connectivity index (χ4v) is 5.05. The number of fused-ring (bicyclic) bond motifs is 1. The molecule has 0 aromatic heterocycles. The fourth-order valence-electron chi connectivity index (χ4n) is 3.34. The van der Waals surface area contributed by atoms with Crippen molar-refractivity contribution in [1.29, 1.82) is 0 Å². The summed E-state index contributed by atoms with van der Waals surface area (Å²) < 4.78 is 27.5. The molecule has 0 atom stereocenters. The highest BCUT2D eigenvalue weighted by atomic mass is 35.5. The SMILES string of the molecule is Cc1ccc(N2C(=O)N(Cc3ccc(Cl)cc3)c3ccccc3S2(=O)=O)cc1C. The number of amides is 2. The Kier molecular flexibility index (Phi) is 4.84. The first-order valence-corrected chi connectivity index (χ1v) is 10.9. The lowest BCUT2D eigenvalue weighted by molar-refractivity contribution is 0.253. The number of hydrogen-bond donors (Lipinski definition) is 0. The minimum Gasteiger partial charge on any atom is -0.287 e. The highest BCUT2D eigenvalue weighted by Gasteiger charge is 2.42. The van der Waals surface area contributed by atoms with Crippen LogP contribution in [0.15, 0.2) is 71.6 Å². The Morgan fingerprint density at radius 2 is 1.59 bits per heavy atom. The lowest BCUT2D eigenvalue weighted by Gasteiger charge is -2.36. The Morgan fingerprint density at radius 3 is 2.28 bits per heavy atom. The summed E-state index contributed by atoms with van der Waals surface area (Å²) in [6, 6.07) is 18.3. The van der Waals surface area contributed by atoms with Crippen LogP contribution in [0.3, 0.4) is 0 Å². The van der Waals surface area contributed by atoms with Crippen molar-refractivity contribution in [2.24, 2.45) is 0 Å². The molecule has 148 valence electrons. The Balaban J connectivity index is 1.86. The lowest BCUT2D eigenvalue weighted by Crippen LogP contribution is -2.50. The second kappa shape index (κ2) is 7.21. The maximum atomic E-state index is 13.4. The van der Waals surface area contributed by atoms with Gasteiger partial charge in [-0.3, -0.25) is 4.90 Å². The molecule has 0 fully saturated rings. The second-order valence-electron chi connectivity index (χ2n) is 7.00. The van der Waals surface area contributed by atoms with Crippen LogP contribution in [0, 0.1) is 13.8 Å². The van der Waals surface area contributed by atoms with Crippen LogP contribution in [-0.4, -0.2) is 14.4 Å². The molecule has 29 heavy (non-hydrogen) atoms. The van der Waals surface area contributed by atoms with Crippen LogP contribution in [0.1, 0.15) is 16.7 Å². The summed E-state index contributed by atoms with van der Waals surface area (Å²) in [5.41, 5.74) is 3.47. The van der Waals surface area contributed by atoms with E-state index in [1.807, 2.05) is 32.0 Å². The number of halogens is 1. The number of hydrogen-bond acceptors (Lipinski definition) is 3. The monoisotopic (exact) mass is 426 g/mol. The number of benzene rings is 3. The highest BCUT2D eigenvalue weighted by Crippen LogP contribution is 2.38. The van der Waals surface area contributed by atoms with E-state index in [-0.39, 0.29) is 11.4 Å². The molecule has 2 amide bonds. The van der Waals surface area contributed by atoms with Crippen molar-refractivity contribution in [3.8, 4) is 0 Å². The van der Waals surface area contributed by atoms with Gasteiger partial charge >= 0.3 is 6.03 Å². The number of urea groups is 1. The predicted molar refractivity (Wildman–Crippen MR) is 115 cm³/mol. The van der Waals surface area contributed by atoms with E-state index < -0.39 is 16.1 Å². The lowest BCUT2D eigenvalue weighted by atomic mass is 10.1. The Bertz CT molecular complexity index is 1210. The molecule has 1 heterocycles. The molecular weight excluding hydrogens is 408 g/mol. The number of carbonyl (C=O) groups is 1. The molecule has 1 aliphatic rings. The number of rotatable bonds is 3. The van der Waals surface area contributed by atoms with Gasteiger partial charge in [0.05, 0.1) is 17.9 Å². The zero-order valence-electron chi connectivity index (χ0n) is 16.0. The second-order valence-corrected chi connectivity index (χ2v) is 9.19. The van der Waals surface area contributed by atoms with Gasteiger partial charge < -0.3 is 0 Å². The third kappa shape index (κ3) is 3.39. The molecule has 0 aliphatic carbocycles. The van der Waals surface area contributed by atoms with Crippen LogP contribution in [-0.2, 0) is 16.6 Å². The van der Waals surface area contributed by atoms with Gasteiger partial charge in [0.1, 0.15) is 4.90 Å². The summed E-state index contributed by atoms with van der Waals surface area (Å²) in [4.78, 5) is 15.0. The smallest absolute Gasteiger partial charge is 0.287 e. The molecule has 0 radical (unpaired) electrons. The normalized spacial score (nSPS) is 15.3. The van der Waals surface area contributed by atoms with Gasteiger partial charge in [-0.05, 0) is 66.9 Å². The molecule has 3 aromatic rings. The van der Waals surface area contributed by atoms with Crippen molar-refractivity contribution in [2.45, 2.75) is 25.3 Å². The van der Waals surface area contributed by atoms with Gasteiger partial charge in [-0.15, -0.1) is 0 Å².